The van der Waals surface area contributed by atoms with Crippen LogP contribution in [0, 0.1) is 0 Å². The van der Waals surface area contributed by atoms with Gasteiger partial charge in [-0.3, -0.25) is 4.68 Å². The first-order valence-electron chi connectivity index (χ1n) is 6.36. The molecule has 1 aromatic heterocycles. The Hall–Kier alpha value is -2.13. The van der Waals surface area contributed by atoms with Crippen LogP contribution < -0.4 is 0 Å². The SMILES string of the molecule is COCc1nn(Cc2ccccc2)c2ccccc12. The fourth-order valence-corrected chi connectivity index (χ4v) is 2.32. The summed E-state index contributed by atoms with van der Waals surface area (Å²) in [6, 6.07) is 18.6. The standard InChI is InChI=1S/C16H16N2O/c1-19-12-15-14-9-5-6-10-16(14)18(17-15)11-13-7-3-2-4-8-13/h2-10H,11-12H2,1H3. The van der Waals surface area contributed by atoms with Crippen LogP contribution in [0.5, 0.6) is 0 Å². The highest BCUT2D eigenvalue weighted by Crippen LogP contribution is 2.20. The van der Waals surface area contributed by atoms with Crippen LogP contribution in [0.25, 0.3) is 10.9 Å². The van der Waals surface area contributed by atoms with Gasteiger partial charge >= 0.3 is 0 Å². The van der Waals surface area contributed by atoms with Gasteiger partial charge in [0.25, 0.3) is 0 Å². The number of hydrogen-bond donors (Lipinski definition) is 0. The van der Waals surface area contributed by atoms with Crippen molar-refractivity contribution in [2.75, 3.05) is 7.11 Å². The highest BCUT2D eigenvalue weighted by atomic mass is 16.5. The summed E-state index contributed by atoms with van der Waals surface area (Å²) in [5.74, 6) is 0. The molecular formula is C16H16N2O. The number of ether oxygens (including phenoxy) is 1. The van der Waals surface area contributed by atoms with Crippen molar-refractivity contribution in [3.63, 3.8) is 0 Å². The number of para-hydroxylation sites is 1. The minimum atomic E-state index is 0.544. The molecule has 1 heterocycles. The number of fused-ring (bicyclic) bond motifs is 1. The molecule has 0 amide bonds. The maximum absolute atomic E-state index is 5.22. The first-order valence-corrected chi connectivity index (χ1v) is 6.36. The number of rotatable bonds is 4. The molecule has 0 saturated carbocycles. The van der Waals surface area contributed by atoms with Crippen molar-refractivity contribution < 1.29 is 4.74 Å². The molecule has 0 aliphatic carbocycles. The van der Waals surface area contributed by atoms with Crippen molar-refractivity contribution in [2.45, 2.75) is 13.2 Å². The van der Waals surface area contributed by atoms with Gasteiger partial charge < -0.3 is 4.74 Å². The van der Waals surface area contributed by atoms with E-state index in [-0.39, 0.29) is 0 Å². The molecule has 0 atom stereocenters. The second kappa shape index (κ2) is 5.24. The van der Waals surface area contributed by atoms with Crippen LogP contribution in [-0.2, 0) is 17.9 Å². The Bertz CT molecular complexity index is 674. The zero-order chi connectivity index (χ0) is 13.1. The number of methoxy groups -OCH3 is 1. The van der Waals surface area contributed by atoms with Gasteiger partial charge in [0.1, 0.15) is 0 Å². The summed E-state index contributed by atoms with van der Waals surface area (Å²) in [6.07, 6.45) is 0. The topological polar surface area (TPSA) is 27.1 Å². The molecule has 3 heteroatoms. The van der Waals surface area contributed by atoms with E-state index in [1.54, 1.807) is 7.11 Å². The van der Waals surface area contributed by atoms with Gasteiger partial charge in [-0.15, -0.1) is 0 Å². The summed E-state index contributed by atoms with van der Waals surface area (Å²) in [4.78, 5) is 0. The fourth-order valence-electron chi connectivity index (χ4n) is 2.32. The number of aromatic nitrogens is 2. The van der Waals surface area contributed by atoms with Gasteiger partial charge in [-0.25, -0.2) is 0 Å². The summed E-state index contributed by atoms with van der Waals surface area (Å²) < 4.78 is 7.26. The first kappa shape index (κ1) is 11.9. The molecule has 3 nitrogen and oxygen atoms in total. The number of hydrogen-bond acceptors (Lipinski definition) is 2. The van der Waals surface area contributed by atoms with Gasteiger partial charge in [0.2, 0.25) is 0 Å². The van der Waals surface area contributed by atoms with Crippen molar-refractivity contribution in [3.05, 3.63) is 65.9 Å². The number of nitrogens with zero attached hydrogens (tertiary/aromatic N) is 2. The molecule has 0 aliphatic heterocycles. The Labute approximate surface area is 112 Å². The molecule has 0 radical (unpaired) electrons. The smallest absolute Gasteiger partial charge is 0.0960 e. The Kier molecular flexibility index (Phi) is 3.29. The summed E-state index contributed by atoms with van der Waals surface area (Å²) in [6.45, 7) is 1.33. The molecule has 0 bridgehead atoms. The van der Waals surface area contributed by atoms with E-state index in [1.165, 1.54) is 10.9 Å². The second-order valence-corrected chi connectivity index (χ2v) is 4.54. The zero-order valence-corrected chi connectivity index (χ0v) is 10.9. The van der Waals surface area contributed by atoms with Crippen LogP contribution in [0.2, 0.25) is 0 Å². The third-order valence-corrected chi connectivity index (χ3v) is 3.19. The van der Waals surface area contributed by atoms with Gasteiger partial charge in [0.05, 0.1) is 24.4 Å². The van der Waals surface area contributed by atoms with E-state index < -0.39 is 0 Å². The highest BCUT2D eigenvalue weighted by molar-refractivity contribution is 5.81. The van der Waals surface area contributed by atoms with Crippen molar-refractivity contribution in [1.82, 2.24) is 9.78 Å². The molecule has 96 valence electrons. The molecule has 19 heavy (non-hydrogen) atoms. The number of benzene rings is 2. The summed E-state index contributed by atoms with van der Waals surface area (Å²) in [5.41, 5.74) is 3.40. The molecule has 0 unspecified atom stereocenters. The molecule has 0 spiro atoms. The van der Waals surface area contributed by atoms with Gasteiger partial charge in [-0.1, -0.05) is 48.5 Å². The molecule has 2 aromatic carbocycles. The Balaban J connectivity index is 2.03. The molecule has 0 aliphatic rings. The lowest BCUT2D eigenvalue weighted by Crippen LogP contribution is -2.02. The van der Waals surface area contributed by atoms with Gasteiger partial charge in [0.15, 0.2) is 0 Å². The minimum absolute atomic E-state index is 0.544. The predicted octanol–water partition coefficient (Wildman–Crippen LogP) is 3.23. The third kappa shape index (κ3) is 2.37. The van der Waals surface area contributed by atoms with E-state index in [0.29, 0.717) is 6.61 Å². The second-order valence-electron chi connectivity index (χ2n) is 4.54. The Morgan fingerprint density at radius 3 is 2.53 bits per heavy atom. The maximum Gasteiger partial charge on any atom is 0.0960 e. The highest BCUT2D eigenvalue weighted by Gasteiger charge is 2.09. The summed E-state index contributed by atoms with van der Waals surface area (Å²) >= 11 is 0. The van der Waals surface area contributed by atoms with Gasteiger partial charge in [0, 0.05) is 12.5 Å². The van der Waals surface area contributed by atoms with E-state index in [1.807, 2.05) is 22.9 Å². The average Bonchev–Trinajstić information content (AvgIpc) is 2.79. The lowest BCUT2D eigenvalue weighted by atomic mass is 10.2. The van der Waals surface area contributed by atoms with Crippen LogP contribution in [0.3, 0.4) is 0 Å². The lowest BCUT2D eigenvalue weighted by molar-refractivity contribution is 0.182. The lowest BCUT2D eigenvalue weighted by Gasteiger charge is -2.03. The predicted molar refractivity (Wildman–Crippen MR) is 76.0 cm³/mol. The van der Waals surface area contributed by atoms with E-state index in [0.717, 1.165) is 17.8 Å². The summed E-state index contributed by atoms with van der Waals surface area (Å²) in [7, 11) is 1.70. The van der Waals surface area contributed by atoms with Gasteiger partial charge in [-0.2, -0.15) is 5.10 Å². The average molecular weight is 252 g/mol. The van der Waals surface area contributed by atoms with E-state index in [9.17, 15) is 0 Å². The van der Waals surface area contributed by atoms with E-state index >= 15 is 0 Å². The van der Waals surface area contributed by atoms with Crippen LogP contribution in [0.1, 0.15) is 11.3 Å². The van der Waals surface area contributed by atoms with Crippen molar-refractivity contribution in [1.29, 1.82) is 0 Å². The molecule has 0 fully saturated rings. The van der Waals surface area contributed by atoms with Crippen LogP contribution >= 0.6 is 0 Å². The fraction of sp³-hybridized carbons (Fsp3) is 0.188. The largest absolute Gasteiger partial charge is 0.378 e. The van der Waals surface area contributed by atoms with Crippen LogP contribution in [0.4, 0.5) is 0 Å². The minimum Gasteiger partial charge on any atom is -0.378 e. The van der Waals surface area contributed by atoms with E-state index in [4.69, 9.17) is 4.74 Å². The molecule has 0 N–H and O–H groups in total. The van der Waals surface area contributed by atoms with Gasteiger partial charge in [-0.05, 0) is 11.6 Å². The first-order chi connectivity index (χ1) is 9.38. The van der Waals surface area contributed by atoms with Crippen molar-refractivity contribution >= 4 is 10.9 Å². The molecule has 3 rings (SSSR count). The third-order valence-electron chi connectivity index (χ3n) is 3.19. The van der Waals surface area contributed by atoms with E-state index in [2.05, 4.69) is 41.5 Å². The molecular weight excluding hydrogens is 236 g/mol. The molecule has 3 aromatic rings. The Morgan fingerprint density at radius 1 is 1.00 bits per heavy atom. The molecule has 0 saturated heterocycles. The van der Waals surface area contributed by atoms with Crippen LogP contribution in [-0.4, -0.2) is 16.9 Å². The zero-order valence-electron chi connectivity index (χ0n) is 10.9. The maximum atomic E-state index is 5.22. The summed E-state index contributed by atoms with van der Waals surface area (Å²) in [5, 5.41) is 5.83. The van der Waals surface area contributed by atoms with Crippen molar-refractivity contribution in [3.8, 4) is 0 Å². The Morgan fingerprint density at radius 2 is 1.74 bits per heavy atom. The quantitative estimate of drug-likeness (QED) is 0.712. The monoisotopic (exact) mass is 252 g/mol. The normalized spacial score (nSPS) is 11.0. The van der Waals surface area contributed by atoms with Crippen LogP contribution in [0.15, 0.2) is 54.6 Å². The van der Waals surface area contributed by atoms with Crippen molar-refractivity contribution in [2.24, 2.45) is 0 Å².